The van der Waals surface area contributed by atoms with Gasteiger partial charge in [-0.25, -0.2) is 0 Å². The molecule has 1 fully saturated rings. The lowest BCUT2D eigenvalue weighted by Crippen LogP contribution is -2.55. The Bertz CT molecular complexity index is 1150. The first-order chi connectivity index (χ1) is 17.4. The van der Waals surface area contributed by atoms with E-state index in [-0.39, 0.29) is 36.1 Å². The molecule has 1 spiro atoms. The fourth-order valence-corrected chi connectivity index (χ4v) is 5.71. The Balaban J connectivity index is 1.73. The summed E-state index contributed by atoms with van der Waals surface area (Å²) in [5.74, 6) is -1.23. The SMILES string of the molecule is C[C@@H]1NC(=O)CCCCCc2ccc3c(c2)[C@@]2(C[C@@H](C#N)N(C2)C(=O)[C@H](CC(C)(C)C)NC1=O)C(=O)N3. The van der Waals surface area contributed by atoms with Crippen LogP contribution in [0.4, 0.5) is 5.69 Å². The lowest BCUT2D eigenvalue weighted by atomic mass is 9.79. The van der Waals surface area contributed by atoms with Gasteiger partial charge < -0.3 is 20.9 Å². The van der Waals surface area contributed by atoms with Gasteiger partial charge in [-0.05, 0) is 55.2 Å². The van der Waals surface area contributed by atoms with Crippen LogP contribution in [0.2, 0.25) is 0 Å². The summed E-state index contributed by atoms with van der Waals surface area (Å²) in [5, 5.41) is 18.5. The molecule has 0 aliphatic carbocycles. The number of anilines is 1. The predicted molar refractivity (Wildman–Crippen MR) is 138 cm³/mol. The van der Waals surface area contributed by atoms with Crippen molar-refractivity contribution in [2.75, 3.05) is 11.9 Å². The zero-order chi connectivity index (χ0) is 27.0. The smallest absolute Gasteiger partial charge is 0.246 e. The number of hydrogen-bond donors (Lipinski definition) is 3. The highest BCUT2D eigenvalue weighted by molar-refractivity contribution is 6.07. The Morgan fingerprint density at radius 1 is 1.08 bits per heavy atom. The second-order valence-corrected chi connectivity index (χ2v) is 11.9. The Morgan fingerprint density at radius 3 is 2.51 bits per heavy atom. The highest BCUT2D eigenvalue weighted by atomic mass is 16.2. The van der Waals surface area contributed by atoms with Crippen molar-refractivity contribution in [3.8, 4) is 6.07 Å². The van der Waals surface area contributed by atoms with Crippen molar-refractivity contribution in [3.63, 3.8) is 0 Å². The lowest BCUT2D eigenvalue weighted by Gasteiger charge is -2.32. The minimum atomic E-state index is -0.996. The molecule has 198 valence electrons. The molecule has 4 atom stereocenters. The molecule has 0 saturated carbocycles. The minimum absolute atomic E-state index is 0.0785. The zero-order valence-electron chi connectivity index (χ0n) is 22.1. The normalized spacial score (nSPS) is 29.1. The van der Waals surface area contributed by atoms with Crippen LogP contribution in [0.15, 0.2) is 18.2 Å². The number of amides is 4. The van der Waals surface area contributed by atoms with Crippen LogP contribution in [-0.4, -0.2) is 53.2 Å². The van der Waals surface area contributed by atoms with E-state index in [0.29, 0.717) is 19.3 Å². The van der Waals surface area contributed by atoms with E-state index in [1.54, 1.807) is 6.92 Å². The fourth-order valence-electron chi connectivity index (χ4n) is 5.71. The van der Waals surface area contributed by atoms with Gasteiger partial charge in [0.2, 0.25) is 23.6 Å². The van der Waals surface area contributed by atoms with E-state index in [1.165, 1.54) is 4.90 Å². The third-order valence-electron chi connectivity index (χ3n) is 7.64. The van der Waals surface area contributed by atoms with Gasteiger partial charge >= 0.3 is 0 Å². The number of rotatable bonds is 1. The summed E-state index contributed by atoms with van der Waals surface area (Å²) >= 11 is 0. The molecule has 9 heteroatoms. The first kappa shape index (κ1) is 26.6. The zero-order valence-corrected chi connectivity index (χ0v) is 22.1. The van der Waals surface area contributed by atoms with Crippen molar-refractivity contribution in [2.45, 2.75) is 96.2 Å². The Morgan fingerprint density at radius 2 is 1.81 bits per heavy atom. The molecule has 0 radical (unpaired) electrons. The number of aryl methyl sites for hydroxylation is 1. The average molecular weight is 508 g/mol. The lowest BCUT2D eigenvalue weighted by molar-refractivity contribution is -0.138. The molecule has 4 bridgehead atoms. The van der Waals surface area contributed by atoms with Crippen LogP contribution in [0.1, 0.15) is 77.3 Å². The van der Waals surface area contributed by atoms with Crippen molar-refractivity contribution in [3.05, 3.63) is 29.3 Å². The van der Waals surface area contributed by atoms with Crippen LogP contribution in [0.3, 0.4) is 0 Å². The van der Waals surface area contributed by atoms with Crippen LogP contribution < -0.4 is 16.0 Å². The topological polar surface area (TPSA) is 131 Å². The summed E-state index contributed by atoms with van der Waals surface area (Å²) in [6, 6.07) is 5.66. The highest BCUT2D eigenvalue weighted by Gasteiger charge is 2.56. The fraction of sp³-hybridized carbons (Fsp3) is 0.607. The second-order valence-electron chi connectivity index (χ2n) is 11.9. The van der Waals surface area contributed by atoms with Gasteiger partial charge in [0.05, 0.1) is 11.5 Å². The molecule has 3 heterocycles. The molecule has 1 aromatic rings. The maximum Gasteiger partial charge on any atom is 0.246 e. The third kappa shape index (κ3) is 5.48. The molecule has 37 heavy (non-hydrogen) atoms. The molecule has 0 unspecified atom stereocenters. The van der Waals surface area contributed by atoms with Crippen molar-refractivity contribution in [2.24, 2.45) is 5.41 Å². The summed E-state index contributed by atoms with van der Waals surface area (Å²) in [6.07, 6.45) is 4.13. The van der Waals surface area contributed by atoms with E-state index in [9.17, 15) is 24.4 Å². The van der Waals surface area contributed by atoms with E-state index >= 15 is 0 Å². The Labute approximate surface area is 218 Å². The largest absolute Gasteiger partial charge is 0.345 e. The minimum Gasteiger partial charge on any atom is -0.345 e. The molecule has 3 N–H and O–H groups in total. The van der Waals surface area contributed by atoms with Crippen molar-refractivity contribution in [1.29, 1.82) is 5.26 Å². The maximum atomic E-state index is 13.9. The maximum absolute atomic E-state index is 13.9. The van der Waals surface area contributed by atoms with E-state index < -0.39 is 29.4 Å². The molecular weight excluding hydrogens is 470 g/mol. The van der Waals surface area contributed by atoms with E-state index in [1.807, 2.05) is 39.0 Å². The number of nitrogens with one attached hydrogen (secondary N) is 3. The molecule has 9 nitrogen and oxygen atoms in total. The molecule has 4 amide bonds. The monoisotopic (exact) mass is 507 g/mol. The predicted octanol–water partition coefficient (Wildman–Crippen LogP) is 2.54. The third-order valence-corrected chi connectivity index (χ3v) is 7.64. The van der Waals surface area contributed by atoms with Crippen LogP contribution in [0.5, 0.6) is 0 Å². The first-order valence-electron chi connectivity index (χ1n) is 13.2. The number of carbonyl (C=O) groups is 4. The Kier molecular flexibility index (Phi) is 7.31. The summed E-state index contributed by atoms with van der Waals surface area (Å²) in [6.45, 7) is 7.59. The number of nitriles is 1. The van der Waals surface area contributed by atoms with Crippen molar-refractivity contribution >= 4 is 29.3 Å². The molecule has 1 aromatic carbocycles. The number of carbonyl (C=O) groups excluding carboxylic acids is 4. The number of fused-ring (bicyclic) bond motifs is 2. The second kappa shape index (κ2) is 10.2. The number of nitrogens with zero attached hydrogens (tertiary/aromatic N) is 2. The number of hydrogen-bond acceptors (Lipinski definition) is 5. The van der Waals surface area contributed by atoms with Gasteiger partial charge in [0.15, 0.2) is 0 Å². The first-order valence-corrected chi connectivity index (χ1v) is 13.2. The summed E-state index contributed by atoms with van der Waals surface area (Å²) in [7, 11) is 0. The molecule has 3 aliphatic rings. The molecular formula is C28H37N5O4. The van der Waals surface area contributed by atoms with E-state index in [4.69, 9.17) is 0 Å². The van der Waals surface area contributed by atoms with Gasteiger partial charge in [-0.2, -0.15) is 5.26 Å². The van der Waals surface area contributed by atoms with Gasteiger partial charge in [0, 0.05) is 25.1 Å². The summed E-state index contributed by atoms with van der Waals surface area (Å²) < 4.78 is 0. The van der Waals surface area contributed by atoms with Gasteiger partial charge in [-0.3, -0.25) is 19.2 Å². The van der Waals surface area contributed by atoms with Crippen LogP contribution in [0.25, 0.3) is 0 Å². The molecule has 0 aromatic heterocycles. The van der Waals surface area contributed by atoms with Crippen molar-refractivity contribution in [1.82, 2.24) is 15.5 Å². The van der Waals surface area contributed by atoms with Gasteiger partial charge in [0.1, 0.15) is 18.1 Å². The van der Waals surface area contributed by atoms with E-state index in [2.05, 4.69) is 22.0 Å². The van der Waals surface area contributed by atoms with Gasteiger partial charge in [0.25, 0.3) is 0 Å². The molecule has 4 rings (SSSR count). The van der Waals surface area contributed by atoms with Crippen molar-refractivity contribution < 1.29 is 19.2 Å². The van der Waals surface area contributed by atoms with Gasteiger partial charge in [-0.15, -0.1) is 0 Å². The molecule has 3 aliphatic heterocycles. The average Bonchev–Trinajstić information content (AvgIpc) is 3.34. The van der Waals surface area contributed by atoms with E-state index in [0.717, 1.165) is 36.1 Å². The Hall–Kier alpha value is -3.41. The quantitative estimate of drug-likeness (QED) is 0.538. The molecule has 1 saturated heterocycles. The van der Waals surface area contributed by atoms with Crippen LogP contribution >= 0.6 is 0 Å². The standard InChI is InChI=1S/C28H37N5O4/c1-17-24(35)31-22(14-27(2,3)4)25(36)33-16-28(13-19(33)15-29)20-12-18(10-11-21(20)32-26(28)37)8-6-5-7-9-23(34)30-17/h10-12,17,19,22H,5-9,13-14,16H2,1-4H3,(H,30,34)(H,31,35)(H,32,37)/t17-,19-,22-,28-/m0/s1. The van der Waals surface area contributed by atoms with Gasteiger partial charge in [-0.1, -0.05) is 39.3 Å². The number of benzene rings is 1. The summed E-state index contributed by atoms with van der Waals surface area (Å²) in [5.41, 5.74) is 1.34. The highest BCUT2D eigenvalue weighted by Crippen LogP contribution is 2.47. The van der Waals surface area contributed by atoms with Crippen LogP contribution in [0, 0.1) is 16.7 Å². The van der Waals surface area contributed by atoms with Crippen LogP contribution in [-0.2, 0) is 31.0 Å². The summed E-state index contributed by atoms with van der Waals surface area (Å²) in [4.78, 5) is 54.1.